The Labute approximate surface area is 187 Å². The molecule has 0 radical (unpaired) electrons. The van der Waals surface area contributed by atoms with Crippen molar-refractivity contribution < 1.29 is 8.42 Å². The molecule has 0 aliphatic heterocycles. The van der Waals surface area contributed by atoms with Crippen molar-refractivity contribution in [2.75, 3.05) is 5.73 Å². The van der Waals surface area contributed by atoms with Crippen molar-refractivity contribution in [1.82, 2.24) is 9.71 Å². The second-order valence-corrected chi connectivity index (χ2v) is 9.28. The van der Waals surface area contributed by atoms with Gasteiger partial charge in [-0.25, -0.2) is 13.1 Å². The van der Waals surface area contributed by atoms with Crippen LogP contribution in [-0.2, 0) is 10.0 Å². The Bertz CT molecular complexity index is 1380. The van der Waals surface area contributed by atoms with E-state index in [4.69, 9.17) is 5.73 Å². The number of anilines is 1. The lowest BCUT2D eigenvalue weighted by molar-refractivity contribution is 0.571. The number of hydrogen-bond acceptors (Lipinski definition) is 6. The SMILES string of the molecule is CC(C)NS(=O)(=O)c1cc(/N=N/c2ccc(-c3ccccc3)nc2)c(N)c2ccccc12. The molecule has 3 aromatic carbocycles. The lowest BCUT2D eigenvalue weighted by Crippen LogP contribution is -2.30. The maximum Gasteiger partial charge on any atom is 0.241 e. The van der Waals surface area contributed by atoms with E-state index in [1.54, 1.807) is 50.4 Å². The first-order chi connectivity index (χ1) is 15.3. The molecule has 0 aliphatic carbocycles. The first-order valence-electron chi connectivity index (χ1n) is 10.1. The Morgan fingerprint density at radius 3 is 2.25 bits per heavy atom. The highest BCUT2D eigenvalue weighted by atomic mass is 32.2. The van der Waals surface area contributed by atoms with Gasteiger partial charge in [-0.15, -0.1) is 10.2 Å². The van der Waals surface area contributed by atoms with E-state index in [9.17, 15) is 8.42 Å². The minimum Gasteiger partial charge on any atom is -0.396 e. The van der Waals surface area contributed by atoms with Crippen LogP contribution in [0, 0.1) is 0 Å². The van der Waals surface area contributed by atoms with Gasteiger partial charge in [0, 0.05) is 22.4 Å². The zero-order chi connectivity index (χ0) is 22.7. The zero-order valence-corrected chi connectivity index (χ0v) is 18.5. The standard InChI is InChI=1S/C24H23N5O2S/c1-16(2)29-32(30,31)23-14-22(24(25)20-11-7-6-10-19(20)23)28-27-18-12-13-21(26-15-18)17-8-4-3-5-9-17/h3-16,29H,25H2,1-2H3/b28-27+. The van der Waals surface area contributed by atoms with E-state index in [2.05, 4.69) is 19.9 Å². The van der Waals surface area contributed by atoms with E-state index in [0.717, 1.165) is 11.3 Å². The summed E-state index contributed by atoms with van der Waals surface area (Å²) in [4.78, 5) is 4.55. The maximum atomic E-state index is 12.9. The Morgan fingerprint density at radius 2 is 1.59 bits per heavy atom. The normalized spacial score (nSPS) is 12.1. The molecule has 32 heavy (non-hydrogen) atoms. The number of nitrogens with one attached hydrogen (secondary N) is 1. The van der Waals surface area contributed by atoms with Gasteiger partial charge in [0.1, 0.15) is 11.4 Å². The van der Waals surface area contributed by atoms with Crippen molar-refractivity contribution >= 4 is 37.9 Å². The number of aromatic nitrogens is 1. The van der Waals surface area contributed by atoms with Crippen molar-refractivity contribution in [3.8, 4) is 11.3 Å². The van der Waals surface area contributed by atoms with E-state index < -0.39 is 10.0 Å². The predicted octanol–water partition coefficient (Wildman–Crippen LogP) is 5.59. The Kier molecular flexibility index (Phi) is 5.98. The van der Waals surface area contributed by atoms with Crippen LogP contribution >= 0.6 is 0 Å². The monoisotopic (exact) mass is 445 g/mol. The van der Waals surface area contributed by atoms with Crippen LogP contribution in [-0.4, -0.2) is 19.4 Å². The van der Waals surface area contributed by atoms with Crippen LogP contribution in [0.4, 0.5) is 17.1 Å². The number of azo groups is 1. The molecule has 0 unspecified atom stereocenters. The fourth-order valence-corrected chi connectivity index (χ4v) is 4.85. The molecule has 0 atom stereocenters. The molecule has 0 saturated carbocycles. The van der Waals surface area contributed by atoms with Gasteiger partial charge < -0.3 is 5.73 Å². The minimum atomic E-state index is -3.76. The zero-order valence-electron chi connectivity index (χ0n) is 17.7. The first kappa shape index (κ1) is 21.6. The fourth-order valence-electron chi connectivity index (χ4n) is 3.37. The molecule has 3 N–H and O–H groups in total. The van der Waals surface area contributed by atoms with E-state index in [-0.39, 0.29) is 16.6 Å². The van der Waals surface area contributed by atoms with Gasteiger partial charge in [-0.05, 0) is 32.0 Å². The van der Waals surface area contributed by atoms with E-state index >= 15 is 0 Å². The topological polar surface area (TPSA) is 110 Å². The smallest absolute Gasteiger partial charge is 0.241 e. The average Bonchev–Trinajstić information content (AvgIpc) is 2.79. The second kappa shape index (κ2) is 8.86. The van der Waals surface area contributed by atoms with Gasteiger partial charge in [0.2, 0.25) is 10.0 Å². The van der Waals surface area contributed by atoms with Crippen molar-refractivity contribution in [2.24, 2.45) is 10.2 Å². The molecule has 0 bridgehead atoms. The van der Waals surface area contributed by atoms with Crippen LogP contribution in [0.5, 0.6) is 0 Å². The van der Waals surface area contributed by atoms with E-state index in [1.165, 1.54) is 6.07 Å². The summed E-state index contributed by atoms with van der Waals surface area (Å²) in [6, 6.07) is 21.7. The average molecular weight is 446 g/mol. The maximum absolute atomic E-state index is 12.9. The van der Waals surface area contributed by atoms with Crippen molar-refractivity contribution in [3.05, 3.63) is 79.0 Å². The summed E-state index contributed by atoms with van der Waals surface area (Å²) < 4.78 is 28.5. The van der Waals surface area contributed by atoms with Gasteiger partial charge in [0.25, 0.3) is 0 Å². The quantitative estimate of drug-likeness (QED) is 0.298. The van der Waals surface area contributed by atoms with Crippen molar-refractivity contribution in [3.63, 3.8) is 0 Å². The third-order valence-corrected chi connectivity index (χ3v) is 6.50. The van der Waals surface area contributed by atoms with Crippen LogP contribution in [0.15, 0.2) is 94.1 Å². The number of nitrogen functional groups attached to an aromatic ring is 1. The summed E-state index contributed by atoms with van der Waals surface area (Å²) in [7, 11) is -3.76. The summed E-state index contributed by atoms with van der Waals surface area (Å²) in [5, 5.41) is 9.62. The molecular formula is C24H23N5O2S. The van der Waals surface area contributed by atoms with Crippen LogP contribution in [0.1, 0.15) is 13.8 Å². The molecule has 4 aromatic rings. The highest BCUT2D eigenvalue weighted by molar-refractivity contribution is 7.89. The number of nitrogens with zero attached hydrogens (tertiary/aromatic N) is 3. The lowest BCUT2D eigenvalue weighted by Gasteiger charge is -2.14. The summed E-state index contributed by atoms with van der Waals surface area (Å²) in [5.41, 5.74) is 9.31. The number of hydrogen-bond donors (Lipinski definition) is 2. The molecule has 1 aromatic heterocycles. The minimum absolute atomic E-state index is 0.113. The Hall–Kier alpha value is -3.62. The summed E-state index contributed by atoms with van der Waals surface area (Å²) >= 11 is 0. The third kappa shape index (κ3) is 4.51. The first-order valence-corrected chi connectivity index (χ1v) is 11.6. The molecule has 8 heteroatoms. The lowest BCUT2D eigenvalue weighted by atomic mass is 10.1. The van der Waals surface area contributed by atoms with Crippen LogP contribution in [0.3, 0.4) is 0 Å². The molecule has 7 nitrogen and oxygen atoms in total. The third-order valence-electron chi connectivity index (χ3n) is 4.80. The van der Waals surface area contributed by atoms with E-state index in [1.807, 2.05) is 36.4 Å². The summed E-state index contributed by atoms with van der Waals surface area (Å²) in [5.74, 6) is 0. The van der Waals surface area contributed by atoms with Crippen LogP contribution in [0.25, 0.3) is 22.0 Å². The number of sulfonamides is 1. The molecule has 0 amide bonds. The van der Waals surface area contributed by atoms with Crippen LogP contribution < -0.4 is 10.5 Å². The number of nitrogens with two attached hydrogens (primary N) is 1. The summed E-state index contributed by atoms with van der Waals surface area (Å²) in [6.45, 7) is 3.54. The molecule has 0 fully saturated rings. The Balaban J connectivity index is 1.73. The molecule has 0 saturated heterocycles. The van der Waals surface area contributed by atoms with Gasteiger partial charge in [-0.3, -0.25) is 4.98 Å². The number of rotatable bonds is 6. The number of benzene rings is 3. The van der Waals surface area contributed by atoms with Gasteiger partial charge in [-0.2, -0.15) is 0 Å². The number of fused-ring (bicyclic) bond motifs is 1. The second-order valence-electron chi connectivity index (χ2n) is 7.60. The highest BCUT2D eigenvalue weighted by Crippen LogP contribution is 2.37. The van der Waals surface area contributed by atoms with Crippen LogP contribution in [0.2, 0.25) is 0 Å². The number of pyridine rings is 1. The molecule has 4 rings (SSSR count). The van der Waals surface area contributed by atoms with Gasteiger partial charge in [0.15, 0.2) is 0 Å². The molecule has 0 aliphatic rings. The fraction of sp³-hybridized carbons (Fsp3) is 0.125. The van der Waals surface area contributed by atoms with Crippen molar-refractivity contribution in [1.29, 1.82) is 0 Å². The van der Waals surface area contributed by atoms with Gasteiger partial charge in [-0.1, -0.05) is 54.6 Å². The van der Waals surface area contributed by atoms with Gasteiger partial charge >= 0.3 is 0 Å². The molecule has 1 heterocycles. The largest absolute Gasteiger partial charge is 0.396 e. The molecule has 162 valence electrons. The van der Waals surface area contributed by atoms with Crippen molar-refractivity contribution in [2.45, 2.75) is 24.8 Å². The van der Waals surface area contributed by atoms with E-state index in [0.29, 0.717) is 22.1 Å². The Morgan fingerprint density at radius 1 is 0.906 bits per heavy atom. The molecule has 0 spiro atoms. The molecular weight excluding hydrogens is 422 g/mol. The predicted molar refractivity (Wildman–Crippen MR) is 128 cm³/mol. The highest BCUT2D eigenvalue weighted by Gasteiger charge is 2.21. The van der Waals surface area contributed by atoms with Gasteiger partial charge in [0.05, 0.1) is 22.5 Å². The summed E-state index contributed by atoms with van der Waals surface area (Å²) in [6.07, 6.45) is 1.61.